The van der Waals surface area contributed by atoms with Crippen molar-refractivity contribution in [3.63, 3.8) is 0 Å². The molecule has 130 valence electrons. The fourth-order valence-corrected chi connectivity index (χ4v) is 2.22. The zero-order chi connectivity index (χ0) is 18.4. The van der Waals surface area contributed by atoms with E-state index < -0.39 is 17.8 Å². The van der Waals surface area contributed by atoms with E-state index in [1.165, 1.54) is 12.1 Å². The first kappa shape index (κ1) is 18.3. The predicted molar refractivity (Wildman–Crippen MR) is 86.4 cm³/mol. The first-order valence-corrected chi connectivity index (χ1v) is 7.50. The molecule has 0 saturated carbocycles. The summed E-state index contributed by atoms with van der Waals surface area (Å²) in [6.45, 7) is 1.75. The lowest BCUT2D eigenvalue weighted by atomic mass is 10.1. The maximum absolute atomic E-state index is 12.7. The van der Waals surface area contributed by atoms with E-state index in [-0.39, 0.29) is 12.6 Å². The number of carbonyl (C=O) groups is 1. The molecule has 4 nitrogen and oxygen atoms in total. The van der Waals surface area contributed by atoms with Crippen LogP contribution >= 0.6 is 0 Å². The number of carbonyl (C=O) groups excluding carboxylic acids is 1. The number of benzene rings is 2. The van der Waals surface area contributed by atoms with Crippen LogP contribution in [0.3, 0.4) is 0 Å². The van der Waals surface area contributed by atoms with Gasteiger partial charge >= 0.3 is 12.2 Å². The van der Waals surface area contributed by atoms with Crippen molar-refractivity contribution in [3.8, 4) is 6.07 Å². The Kier molecular flexibility index (Phi) is 5.65. The SMILES string of the molecule is CC(NC(=O)NCc1cccc(C(F)(F)F)c1)c1ccc(C#N)cc1. The van der Waals surface area contributed by atoms with Crippen molar-refractivity contribution >= 4 is 6.03 Å². The van der Waals surface area contributed by atoms with Gasteiger partial charge in [-0.3, -0.25) is 0 Å². The summed E-state index contributed by atoms with van der Waals surface area (Å²) in [5, 5.41) is 14.0. The molecule has 0 radical (unpaired) electrons. The van der Waals surface area contributed by atoms with Crippen LogP contribution in [0.4, 0.5) is 18.0 Å². The second kappa shape index (κ2) is 7.71. The molecule has 0 saturated heterocycles. The highest BCUT2D eigenvalue weighted by atomic mass is 19.4. The molecule has 0 aliphatic heterocycles. The molecule has 2 N–H and O–H groups in total. The molecule has 0 fully saturated rings. The molecule has 0 aromatic heterocycles. The van der Waals surface area contributed by atoms with E-state index in [4.69, 9.17) is 5.26 Å². The van der Waals surface area contributed by atoms with Crippen molar-refractivity contribution in [2.75, 3.05) is 0 Å². The molecule has 1 unspecified atom stereocenters. The van der Waals surface area contributed by atoms with Crippen molar-refractivity contribution < 1.29 is 18.0 Å². The van der Waals surface area contributed by atoms with Gasteiger partial charge in [0.15, 0.2) is 0 Å². The van der Waals surface area contributed by atoms with Gasteiger partial charge in [-0.15, -0.1) is 0 Å². The van der Waals surface area contributed by atoms with Crippen LogP contribution in [0.1, 0.15) is 35.2 Å². The van der Waals surface area contributed by atoms with Gasteiger partial charge < -0.3 is 10.6 Å². The summed E-state index contributed by atoms with van der Waals surface area (Å²) in [7, 11) is 0. The van der Waals surface area contributed by atoms with Crippen LogP contribution in [-0.4, -0.2) is 6.03 Å². The van der Waals surface area contributed by atoms with Gasteiger partial charge in [-0.25, -0.2) is 4.79 Å². The van der Waals surface area contributed by atoms with Gasteiger partial charge in [-0.2, -0.15) is 18.4 Å². The van der Waals surface area contributed by atoms with E-state index in [1.54, 1.807) is 31.2 Å². The summed E-state index contributed by atoms with van der Waals surface area (Å²) >= 11 is 0. The number of nitrogens with zero attached hydrogens (tertiary/aromatic N) is 1. The Morgan fingerprint density at radius 1 is 1.20 bits per heavy atom. The third-order valence-electron chi connectivity index (χ3n) is 3.59. The molecule has 0 bridgehead atoms. The van der Waals surface area contributed by atoms with E-state index in [2.05, 4.69) is 10.6 Å². The molecule has 2 aromatic rings. The van der Waals surface area contributed by atoms with Crippen LogP contribution in [-0.2, 0) is 12.7 Å². The average Bonchev–Trinajstić information content (AvgIpc) is 2.59. The summed E-state index contributed by atoms with van der Waals surface area (Å²) in [6.07, 6.45) is -4.41. The Balaban J connectivity index is 1.91. The van der Waals surface area contributed by atoms with Crippen molar-refractivity contribution in [2.45, 2.75) is 25.7 Å². The minimum absolute atomic E-state index is 0.0180. The Morgan fingerprint density at radius 3 is 2.48 bits per heavy atom. The quantitative estimate of drug-likeness (QED) is 0.873. The zero-order valence-electron chi connectivity index (χ0n) is 13.4. The molecule has 1 atom stereocenters. The molecule has 2 rings (SSSR count). The second-order valence-corrected chi connectivity index (χ2v) is 5.48. The van der Waals surface area contributed by atoms with Crippen molar-refractivity contribution in [1.82, 2.24) is 10.6 Å². The third-order valence-corrected chi connectivity index (χ3v) is 3.59. The van der Waals surface area contributed by atoms with Gasteiger partial charge in [-0.1, -0.05) is 24.3 Å². The van der Waals surface area contributed by atoms with E-state index in [0.717, 1.165) is 17.7 Å². The van der Waals surface area contributed by atoms with Gasteiger partial charge in [0, 0.05) is 6.54 Å². The smallest absolute Gasteiger partial charge is 0.334 e. The van der Waals surface area contributed by atoms with E-state index in [9.17, 15) is 18.0 Å². The topological polar surface area (TPSA) is 64.9 Å². The van der Waals surface area contributed by atoms with Crippen LogP contribution in [0.25, 0.3) is 0 Å². The van der Waals surface area contributed by atoms with E-state index in [0.29, 0.717) is 11.1 Å². The minimum atomic E-state index is -4.41. The number of nitriles is 1. The molecular weight excluding hydrogens is 331 g/mol. The number of rotatable bonds is 4. The van der Waals surface area contributed by atoms with E-state index in [1.807, 2.05) is 6.07 Å². The Hall–Kier alpha value is -3.01. The third kappa shape index (κ3) is 5.24. The maximum atomic E-state index is 12.7. The highest BCUT2D eigenvalue weighted by Gasteiger charge is 2.30. The fourth-order valence-electron chi connectivity index (χ4n) is 2.22. The van der Waals surface area contributed by atoms with Crippen LogP contribution in [0, 0.1) is 11.3 Å². The van der Waals surface area contributed by atoms with Crippen molar-refractivity contribution in [2.24, 2.45) is 0 Å². The number of nitrogens with one attached hydrogen (secondary N) is 2. The van der Waals surface area contributed by atoms with Gasteiger partial charge in [-0.05, 0) is 42.3 Å². The number of hydrogen-bond donors (Lipinski definition) is 2. The first-order chi connectivity index (χ1) is 11.8. The van der Waals surface area contributed by atoms with Gasteiger partial charge in [0.25, 0.3) is 0 Å². The molecule has 0 aliphatic rings. The van der Waals surface area contributed by atoms with E-state index >= 15 is 0 Å². The second-order valence-electron chi connectivity index (χ2n) is 5.48. The van der Waals surface area contributed by atoms with Crippen LogP contribution in [0.15, 0.2) is 48.5 Å². The molecule has 0 spiro atoms. The summed E-state index contributed by atoms with van der Waals surface area (Å²) in [6, 6.07) is 12.8. The normalized spacial score (nSPS) is 12.1. The highest BCUT2D eigenvalue weighted by Crippen LogP contribution is 2.29. The highest BCUT2D eigenvalue weighted by molar-refractivity contribution is 5.74. The number of hydrogen-bond acceptors (Lipinski definition) is 2. The standard InChI is InChI=1S/C18H16F3N3O/c1-12(15-7-5-13(10-22)6-8-15)24-17(25)23-11-14-3-2-4-16(9-14)18(19,20)21/h2-9,12H,11H2,1H3,(H2,23,24,25). The Bertz CT molecular complexity index is 779. The lowest BCUT2D eigenvalue weighted by Crippen LogP contribution is -2.36. The number of alkyl halides is 3. The lowest BCUT2D eigenvalue weighted by molar-refractivity contribution is -0.137. The minimum Gasteiger partial charge on any atom is -0.334 e. The summed E-state index contributed by atoms with van der Waals surface area (Å²) < 4.78 is 38.0. The Labute approximate surface area is 143 Å². The maximum Gasteiger partial charge on any atom is 0.416 e. The number of halogens is 3. The number of urea groups is 1. The molecule has 2 aromatic carbocycles. The van der Waals surface area contributed by atoms with Gasteiger partial charge in [0.2, 0.25) is 0 Å². The van der Waals surface area contributed by atoms with Gasteiger partial charge in [0.1, 0.15) is 0 Å². The average molecular weight is 347 g/mol. The Morgan fingerprint density at radius 2 is 1.88 bits per heavy atom. The fraction of sp³-hybridized carbons (Fsp3) is 0.222. The van der Waals surface area contributed by atoms with Crippen LogP contribution in [0.5, 0.6) is 0 Å². The van der Waals surface area contributed by atoms with Gasteiger partial charge in [0.05, 0.1) is 23.2 Å². The zero-order valence-corrected chi connectivity index (χ0v) is 13.4. The first-order valence-electron chi connectivity index (χ1n) is 7.50. The predicted octanol–water partition coefficient (Wildman–Crippen LogP) is 4.14. The molecule has 2 amide bonds. The summed E-state index contributed by atoms with van der Waals surface area (Å²) in [5.74, 6) is 0. The van der Waals surface area contributed by atoms with Crippen molar-refractivity contribution in [1.29, 1.82) is 5.26 Å². The molecule has 7 heteroatoms. The molecule has 0 aliphatic carbocycles. The van der Waals surface area contributed by atoms with Crippen LogP contribution < -0.4 is 10.6 Å². The van der Waals surface area contributed by atoms with Crippen molar-refractivity contribution in [3.05, 3.63) is 70.8 Å². The van der Waals surface area contributed by atoms with Crippen LogP contribution in [0.2, 0.25) is 0 Å². The molecule has 25 heavy (non-hydrogen) atoms. The monoisotopic (exact) mass is 347 g/mol. The number of amides is 2. The molecular formula is C18H16F3N3O. The lowest BCUT2D eigenvalue weighted by Gasteiger charge is -2.15. The summed E-state index contributed by atoms with van der Waals surface area (Å²) in [5.41, 5.74) is 0.937. The largest absolute Gasteiger partial charge is 0.416 e. The molecule has 0 heterocycles. The summed E-state index contributed by atoms with van der Waals surface area (Å²) in [4.78, 5) is 11.9.